The summed E-state index contributed by atoms with van der Waals surface area (Å²) in [6.07, 6.45) is 0. The van der Waals surface area contributed by atoms with Crippen molar-refractivity contribution in [2.45, 2.75) is 26.9 Å². The van der Waals surface area contributed by atoms with E-state index < -0.39 is 0 Å². The summed E-state index contributed by atoms with van der Waals surface area (Å²) in [6.45, 7) is 6.33. The van der Waals surface area contributed by atoms with Crippen LogP contribution in [0.2, 0.25) is 0 Å². The molecule has 3 aromatic rings. The van der Waals surface area contributed by atoms with Crippen LogP contribution >= 0.6 is 11.3 Å². The molecule has 0 amide bonds. The van der Waals surface area contributed by atoms with Gasteiger partial charge in [-0.25, -0.2) is 0 Å². The van der Waals surface area contributed by atoms with Gasteiger partial charge in [-0.2, -0.15) is 4.98 Å². The van der Waals surface area contributed by atoms with E-state index in [0.717, 1.165) is 22.5 Å². The fourth-order valence-corrected chi connectivity index (χ4v) is 3.87. The lowest BCUT2D eigenvalue weighted by Crippen LogP contribution is -2.25. The molecular formula is C18H19N3O3S. The second kappa shape index (κ2) is 6.50. The zero-order valence-corrected chi connectivity index (χ0v) is 15.0. The lowest BCUT2D eigenvalue weighted by atomic mass is 10.1. The Bertz CT molecular complexity index is 903. The number of hydrogen-bond acceptors (Lipinski definition) is 7. The molecule has 0 bridgehead atoms. The topological polar surface area (TPSA) is 71.6 Å². The minimum Gasteiger partial charge on any atom is -0.504 e. The quantitative estimate of drug-likeness (QED) is 0.773. The van der Waals surface area contributed by atoms with Crippen molar-refractivity contribution in [3.63, 3.8) is 0 Å². The summed E-state index contributed by atoms with van der Waals surface area (Å²) < 4.78 is 11.0. The molecule has 6 nitrogen and oxygen atoms in total. The predicted molar refractivity (Wildman–Crippen MR) is 94.8 cm³/mol. The normalized spacial score (nSPS) is 14.8. The van der Waals surface area contributed by atoms with Crippen LogP contribution in [0.1, 0.15) is 22.2 Å². The fraction of sp³-hybridized carbons (Fsp3) is 0.333. The molecule has 0 atom stereocenters. The number of aromatic nitrogens is 2. The number of rotatable bonds is 3. The van der Waals surface area contributed by atoms with E-state index >= 15 is 0 Å². The number of aromatic hydroxyl groups is 1. The Labute approximate surface area is 149 Å². The molecule has 1 aliphatic rings. The first kappa shape index (κ1) is 16.1. The number of phenols is 1. The fourth-order valence-electron chi connectivity index (χ4n) is 3.02. The average Bonchev–Trinajstić information content (AvgIpc) is 3.11. The van der Waals surface area contributed by atoms with E-state index in [-0.39, 0.29) is 5.75 Å². The molecule has 2 aromatic heterocycles. The summed E-state index contributed by atoms with van der Waals surface area (Å²) in [4.78, 5) is 8.83. The van der Waals surface area contributed by atoms with Crippen molar-refractivity contribution >= 4 is 11.3 Å². The summed E-state index contributed by atoms with van der Waals surface area (Å²) in [7, 11) is 0. The van der Waals surface area contributed by atoms with Crippen LogP contribution in [-0.4, -0.2) is 33.3 Å². The summed E-state index contributed by atoms with van der Waals surface area (Å²) in [5, 5.41) is 14.3. The highest BCUT2D eigenvalue weighted by Gasteiger charge is 2.21. The summed E-state index contributed by atoms with van der Waals surface area (Å²) in [5.74, 6) is 1.99. The third kappa shape index (κ3) is 3.38. The maximum Gasteiger partial charge on any atom is 0.240 e. The van der Waals surface area contributed by atoms with Gasteiger partial charge in [0, 0.05) is 28.4 Å². The molecule has 1 N–H and O–H groups in total. The van der Waals surface area contributed by atoms with Crippen molar-refractivity contribution in [3.8, 4) is 21.9 Å². The van der Waals surface area contributed by atoms with Crippen molar-refractivity contribution in [1.29, 1.82) is 0 Å². The predicted octanol–water partition coefficient (Wildman–Crippen LogP) is 3.52. The molecule has 25 heavy (non-hydrogen) atoms. The Morgan fingerprint density at radius 3 is 2.88 bits per heavy atom. The van der Waals surface area contributed by atoms with Crippen LogP contribution in [0.5, 0.6) is 11.5 Å². The van der Waals surface area contributed by atoms with Gasteiger partial charge < -0.3 is 14.4 Å². The third-order valence-electron chi connectivity index (χ3n) is 4.15. The van der Waals surface area contributed by atoms with Crippen LogP contribution in [0.3, 0.4) is 0 Å². The molecule has 7 heteroatoms. The van der Waals surface area contributed by atoms with Gasteiger partial charge in [-0.05, 0) is 43.7 Å². The standard InChI is InChI=1S/C18H19N3O3S/c1-11-3-4-16(25-11)13-7-14-9-21(10-17-19-12(2)20-24-17)5-6-23-18(14)15(22)8-13/h3-4,7-8,22H,5-6,9-10H2,1-2H3. The number of benzene rings is 1. The molecule has 0 fully saturated rings. The minimum absolute atomic E-state index is 0.189. The van der Waals surface area contributed by atoms with Crippen LogP contribution < -0.4 is 4.74 Å². The molecule has 1 aromatic carbocycles. The Morgan fingerprint density at radius 1 is 1.28 bits per heavy atom. The van der Waals surface area contributed by atoms with Gasteiger partial charge in [0.25, 0.3) is 0 Å². The van der Waals surface area contributed by atoms with E-state index in [2.05, 4.69) is 40.2 Å². The second-order valence-electron chi connectivity index (χ2n) is 6.19. The maximum absolute atomic E-state index is 10.4. The van der Waals surface area contributed by atoms with Crippen LogP contribution in [0.25, 0.3) is 10.4 Å². The van der Waals surface area contributed by atoms with Gasteiger partial charge in [0.15, 0.2) is 17.3 Å². The highest BCUT2D eigenvalue weighted by Crippen LogP contribution is 2.39. The van der Waals surface area contributed by atoms with Crippen LogP contribution in [0.4, 0.5) is 0 Å². The number of thiophene rings is 1. The molecule has 0 radical (unpaired) electrons. The van der Waals surface area contributed by atoms with Crippen molar-refractivity contribution in [2.75, 3.05) is 13.2 Å². The van der Waals surface area contributed by atoms with E-state index in [4.69, 9.17) is 9.26 Å². The van der Waals surface area contributed by atoms with Gasteiger partial charge in [0.2, 0.25) is 5.89 Å². The Balaban J connectivity index is 1.63. The van der Waals surface area contributed by atoms with E-state index in [1.54, 1.807) is 24.3 Å². The minimum atomic E-state index is 0.189. The number of fused-ring (bicyclic) bond motifs is 1. The van der Waals surface area contributed by atoms with Crippen LogP contribution in [0.15, 0.2) is 28.8 Å². The Hall–Kier alpha value is -2.38. The number of phenolic OH excluding ortho intramolecular Hbond substituents is 1. The molecule has 4 rings (SSSR count). The average molecular weight is 357 g/mol. The van der Waals surface area contributed by atoms with E-state index in [1.807, 2.05) is 0 Å². The molecule has 0 spiro atoms. The van der Waals surface area contributed by atoms with Crippen molar-refractivity contribution < 1.29 is 14.4 Å². The highest BCUT2D eigenvalue weighted by atomic mass is 32.1. The molecule has 0 saturated heterocycles. The van der Waals surface area contributed by atoms with Crippen LogP contribution in [0, 0.1) is 13.8 Å². The lowest BCUT2D eigenvalue weighted by molar-refractivity contribution is 0.195. The first-order valence-corrected chi connectivity index (χ1v) is 8.97. The molecule has 3 heterocycles. The number of ether oxygens (including phenoxy) is 1. The number of nitrogens with zero attached hydrogens (tertiary/aromatic N) is 3. The van der Waals surface area contributed by atoms with Gasteiger partial charge in [0.05, 0.1) is 6.54 Å². The summed E-state index contributed by atoms with van der Waals surface area (Å²) >= 11 is 1.71. The molecular weight excluding hydrogens is 338 g/mol. The zero-order chi connectivity index (χ0) is 17.4. The molecule has 0 aliphatic carbocycles. The van der Waals surface area contributed by atoms with Gasteiger partial charge in [-0.1, -0.05) is 5.16 Å². The van der Waals surface area contributed by atoms with Crippen molar-refractivity contribution in [3.05, 3.63) is 46.4 Å². The Morgan fingerprint density at radius 2 is 2.16 bits per heavy atom. The molecule has 130 valence electrons. The van der Waals surface area contributed by atoms with E-state index in [1.165, 1.54) is 4.88 Å². The molecule has 1 aliphatic heterocycles. The summed E-state index contributed by atoms with van der Waals surface area (Å²) in [6, 6.07) is 8.04. The first-order valence-electron chi connectivity index (χ1n) is 8.15. The summed E-state index contributed by atoms with van der Waals surface area (Å²) in [5.41, 5.74) is 1.98. The zero-order valence-electron chi connectivity index (χ0n) is 14.2. The van der Waals surface area contributed by atoms with E-state index in [9.17, 15) is 5.11 Å². The molecule has 0 saturated carbocycles. The van der Waals surface area contributed by atoms with Crippen LogP contribution in [-0.2, 0) is 13.1 Å². The van der Waals surface area contributed by atoms with E-state index in [0.29, 0.717) is 37.2 Å². The van der Waals surface area contributed by atoms with Crippen molar-refractivity contribution in [2.24, 2.45) is 0 Å². The third-order valence-corrected chi connectivity index (χ3v) is 5.20. The number of aryl methyl sites for hydroxylation is 2. The van der Waals surface area contributed by atoms with Gasteiger partial charge in [-0.15, -0.1) is 11.3 Å². The van der Waals surface area contributed by atoms with Crippen molar-refractivity contribution in [1.82, 2.24) is 15.0 Å². The smallest absolute Gasteiger partial charge is 0.240 e. The molecule has 0 unspecified atom stereocenters. The largest absolute Gasteiger partial charge is 0.504 e. The maximum atomic E-state index is 10.4. The lowest BCUT2D eigenvalue weighted by Gasteiger charge is -2.17. The van der Waals surface area contributed by atoms with Gasteiger partial charge in [-0.3, -0.25) is 4.90 Å². The number of hydrogen-bond donors (Lipinski definition) is 1. The first-order chi connectivity index (χ1) is 12.1. The highest BCUT2D eigenvalue weighted by molar-refractivity contribution is 7.15. The van der Waals surface area contributed by atoms with Gasteiger partial charge >= 0.3 is 0 Å². The monoisotopic (exact) mass is 357 g/mol. The second-order valence-corrected chi connectivity index (χ2v) is 7.48. The SMILES string of the molecule is Cc1noc(CN2CCOc3c(O)cc(-c4ccc(C)s4)cc3C2)n1. The van der Waals surface area contributed by atoms with Gasteiger partial charge in [0.1, 0.15) is 6.61 Å². The Kier molecular flexibility index (Phi) is 4.19.